The van der Waals surface area contributed by atoms with Gasteiger partial charge in [0.1, 0.15) is 17.6 Å². The number of rotatable bonds is 7. The molecule has 0 unspecified atom stereocenters. The molecule has 31 heavy (non-hydrogen) atoms. The summed E-state index contributed by atoms with van der Waals surface area (Å²) in [6, 6.07) is 21.3. The van der Waals surface area contributed by atoms with Crippen molar-refractivity contribution in [1.29, 1.82) is 5.26 Å². The summed E-state index contributed by atoms with van der Waals surface area (Å²) >= 11 is 0. The van der Waals surface area contributed by atoms with Gasteiger partial charge >= 0.3 is 0 Å². The molecular formula is C25H23NO4S. The lowest BCUT2D eigenvalue weighted by Gasteiger charge is -2.12. The number of methoxy groups -OCH3 is 1. The van der Waals surface area contributed by atoms with E-state index in [2.05, 4.69) is 0 Å². The van der Waals surface area contributed by atoms with Crippen molar-refractivity contribution in [2.45, 2.75) is 25.3 Å². The van der Waals surface area contributed by atoms with Crippen LogP contribution in [0.5, 0.6) is 11.5 Å². The van der Waals surface area contributed by atoms with Gasteiger partial charge in [-0.2, -0.15) is 5.26 Å². The molecule has 0 heterocycles. The zero-order chi connectivity index (χ0) is 22.4. The molecule has 3 rings (SSSR count). The van der Waals surface area contributed by atoms with Crippen LogP contribution in [0.1, 0.15) is 22.3 Å². The minimum atomic E-state index is -3.92. The van der Waals surface area contributed by atoms with Gasteiger partial charge in [-0.25, -0.2) is 8.42 Å². The lowest BCUT2D eigenvalue weighted by molar-refractivity contribution is 0.284. The van der Waals surface area contributed by atoms with Gasteiger partial charge < -0.3 is 9.47 Å². The topological polar surface area (TPSA) is 76.4 Å². The monoisotopic (exact) mass is 433 g/mol. The van der Waals surface area contributed by atoms with Crippen LogP contribution < -0.4 is 9.47 Å². The quantitative estimate of drug-likeness (QED) is 0.477. The van der Waals surface area contributed by atoms with Crippen LogP contribution in [0.3, 0.4) is 0 Å². The molecule has 0 aliphatic carbocycles. The first-order chi connectivity index (χ1) is 14.8. The molecule has 0 bridgehead atoms. The van der Waals surface area contributed by atoms with Crippen LogP contribution in [0.4, 0.5) is 0 Å². The number of sulfone groups is 1. The van der Waals surface area contributed by atoms with E-state index in [-0.39, 0.29) is 9.80 Å². The Hall–Kier alpha value is -3.56. The summed E-state index contributed by atoms with van der Waals surface area (Å²) in [5.74, 6) is 0.978. The van der Waals surface area contributed by atoms with Crippen LogP contribution >= 0.6 is 0 Å². The molecule has 158 valence electrons. The van der Waals surface area contributed by atoms with E-state index >= 15 is 0 Å². The van der Waals surface area contributed by atoms with Crippen molar-refractivity contribution >= 4 is 15.9 Å². The third-order valence-corrected chi connectivity index (χ3v) is 6.41. The molecule has 3 aromatic rings. The molecule has 6 heteroatoms. The highest BCUT2D eigenvalue weighted by atomic mass is 32.2. The summed E-state index contributed by atoms with van der Waals surface area (Å²) in [5, 5.41) is 9.50. The summed E-state index contributed by atoms with van der Waals surface area (Å²) in [6.07, 6.45) is 1.33. The Bertz CT molecular complexity index is 1240. The first-order valence-corrected chi connectivity index (χ1v) is 11.1. The lowest BCUT2D eigenvalue weighted by Crippen LogP contribution is -2.03. The minimum Gasteiger partial charge on any atom is -0.493 e. The van der Waals surface area contributed by atoms with E-state index < -0.39 is 9.84 Å². The van der Waals surface area contributed by atoms with Gasteiger partial charge in [0, 0.05) is 0 Å². The zero-order valence-corrected chi connectivity index (χ0v) is 18.4. The molecule has 0 spiro atoms. The van der Waals surface area contributed by atoms with Crippen molar-refractivity contribution < 1.29 is 17.9 Å². The Morgan fingerprint density at radius 1 is 0.935 bits per heavy atom. The van der Waals surface area contributed by atoms with Crippen LogP contribution in [0, 0.1) is 25.2 Å². The summed E-state index contributed by atoms with van der Waals surface area (Å²) in [6.45, 7) is 4.26. The number of hydrogen-bond acceptors (Lipinski definition) is 5. The minimum absolute atomic E-state index is 0.0796. The fourth-order valence-electron chi connectivity index (χ4n) is 2.90. The molecule has 5 nitrogen and oxygen atoms in total. The molecule has 0 atom stereocenters. The lowest BCUT2D eigenvalue weighted by atomic mass is 10.1. The molecule has 0 saturated carbocycles. The van der Waals surface area contributed by atoms with Gasteiger partial charge in [-0.1, -0.05) is 53.6 Å². The van der Waals surface area contributed by atoms with Gasteiger partial charge in [-0.15, -0.1) is 0 Å². The second kappa shape index (κ2) is 9.50. The van der Waals surface area contributed by atoms with Gasteiger partial charge in [0.05, 0.1) is 12.0 Å². The first-order valence-electron chi connectivity index (χ1n) is 9.63. The molecule has 0 aromatic heterocycles. The Morgan fingerprint density at radius 3 is 2.13 bits per heavy atom. The van der Waals surface area contributed by atoms with E-state index in [1.807, 2.05) is 44.2 Å². The van der Waals surface area contributed by atoms with Crippen LogP contribution in [-0.2, 0) is 16.4 Å². The molecule has 0 saturated heterocycles. The molecule has 0 fully saturated rings. The Labute approximate surface area is 183 Å². The molecule has 0 aliphatic heterocycles. The maximum Gasteiger partial charge on any atom is 0.216 e. The van der Waals surface area contributed by atoms with E-state index in [9.17, 15) is 13.7 Å². The molecule has 0 aliphatic rings. The summed E-state index contributed by atoms with van der Waals surface area (Å²) in [5.41, 5.74) is 3.65. The molecular weight excluding hydrogens is 410 g/mol. The predicted molar refractivity (Wildman–Crippen MR) is 120 cm³/mol. The number of nitrogens with zero attached hydrogens (tertiary/aromatic N) is 1. The number of benzene rings is 3. The van der Waals surface area contributed by atoms with Crippen LogP contribution in [0.2, 0.25) is 0 Å². The first kappa shape index (κ1) is 22.1. The molecule has 3 aromatic carbocycles. The fourth-order valence-corrected chi connectivity index (χ4v) is 4.06. The van der Waals surface area contributed by atoms with Crippen LogP contribution in [-0.4, -0.2) is 15.5 Å². The highest BCUT2D eigenvalue weighted by molar-refractivity contribution is 7.95. The van der Waals surface area contributed by atoms with E-state index in [1.54, 1.807) is 30.3 Å². The summed E-state index contributed by atoms with van der Waals surface area (Å²) in [7, 11) is -2.41. The van der Waals surface area contributed by atoms with Gasteiger partial charge in [0.15, 0.2) is 11.5 Å². The maximum atomic E-state index is 12.8. The summed E-state index contributed by atoms with van der Waals surface area (Å²) < 4.78 is 36.9. The van der Waals surface area contributed by atoms with Gasteiger partial charge in [-0.3, -0.25) is 0 Å². The SMILES string of the molecule is COc1cc(C=C(C#N)S(=O)(=O)c2ccc(C)cc2)ccc1OCc1ccc(C)cc1. The van der Waals surface area contributed by atoms with Gasteiger partial charge in [0.2, 0.25) is 9.84 Å². The number of aryl methyl sites for hydroxylation is 2. The maximum absolute atomic E-state index is 12.8. The van der Waals surface area contributed by atoms with Crippen LogP contribution in [0.15, 0.2) is 76.5 Å². The number of hydrogen-bond donors (Lipinski definition) is 0. The van der Waals surface area contributed by atoms with Crippen molar-refractivity contribution in [2.75, 3.05) is 7.11 Å². The van der Waals surface area contributed by atoms with E-state index in [0.29, 0.717) is 23.7 Å². The Morgan fingerprint density at radius 2 is 1.55 bits per heavy atom. The van der Waals surface area contributed by atoms with Crippen LogP contribution in [0.25, 0.3) is 6.08 Å². The van der Waals surface area contributed by atoms with Crippen molar-refractivity contribution in [3.05, 3.63) is 93.9 Å². The second-order valence-electron chi connectivity index (χ2n) is 7.12. The molecule has 0 radical (unpaired) electrons. The standard InChI is InChI=1S/C25H23NO4S/c1-18-4-8-20(9-5-18)17-30-24-13-10-21(15-25(24)29-3)14-23(16-26)31(27,28)22-11-6-19(2)7-12-22/h4-15H,17H2,1-3H3. The second-order valence-corrected chi connectivity index (χ2v) is 9.04. The average Bonchev–Trinajstić information content (AvgIpc) is 2.77. The third kappa shape index (κ3) is 5.33. The number of allylic oxidation sites excluding steroid dienone is 1. The fraction of sp³-hybridized carbons (Fsp3) is 0.160. The molecule has 0 N–H and O–H groups in total. The van der Waals surface area contributed by atoms with Crippen molar-refractivity contribution in [2.24, 2.45) is 0 Å². The normalized spacial score (nSPS) is 11.6. The van der Waals surface area contributed by atoms with Gasteiger partial charge in [0.25, 0.3) is 0 Å². The number of ether oxygens (including phenoxy) is 2. The van der Waals surface area contributed by atoms with Crippen molar-refractivity contribution in [3.8, 4) is 17.6 Å². The zero-order valence-electron chi connectivity index (χ0n) is 17.6. The highest BCUT2D eigenvalue weighted by Crippen LogP contribution is 2.31. The Balaban J connectivity index is 1.86. The van der Waals surface area contributed by atoms with E-state index in [0.717, 1.165) is 11.1 Å². The third-order valence-electron chi connectivity index (χ3n) is 4.73. The predicted octanol–water partition coefficient (Wildman–Crippen LogP) is 5.23. The largest absolute Gasteiger partial charge is 0.493 e. The average molecular weight is 434 g/mol. The van der Waals surface area contributed by atoms with E-state index in [4.69, 9.17) is 9.47 Å². The molecule has 0 amide bonds. The van der Waals surface area contributed by atoms with E-state index in [1.165, 1.54) is 30.9 Å². The number of nitriles is 1. The van der Waals surface area contributed by atoms with Crippen molar-refractivity contribution in [1.82, 2.24) is 0 Å². The van der Waals surface area contributed by atoms with Gasteiger partial charge in [-0.05, 0) is 55.3 Å². The smallest absolute Gasteiger partial charge is 0.216 e. The highest BCUT2D eigenvalue weighted by Gasteiger charge is 2.21. The summed E-state index contributed by atoms with van der Waals surface area (Å²) in [4.78, 5) is -0.261. The Kier molecular flexibility index (Phi) is 6.78. The van der Waals surface area contributed by atoms with Crippen molar-refractivity contribution in [3.63, 3.8) is 0 Å².